The molecule has 19 heavy (non-hydrogen) atoms. The van der Waals surface area contributed by atoms with Crippen molar-refractivity contribution in [3.63, 3.8) is 0 Å². The van der Waals surface area contributed by atoms with Crippen molar-refractivity contribution in [1.82, 2.24) is 0 Å². The van der Waals surface area contributed by atoms with Crippen LogP contribution in [0.25, 0.3) is 0 Å². The van der Waals surface area contributed by atoms with Crippen LogP contribution in [0.15, 0.2) is 30.3 Å². The highest BCUT2D eigenvalue weighted by atomic mass is 32.1. The number of aromatic carboxylic acids is 1. The molecule has 0 spiro atoms. The van der Waals surface area contributed by atoms with Crippen LogP contribution in [-0.4, -0.2) is 18.1 Å². The van der Waals surface area contributed by atoms with E-state index in [1.54, 1.807) is 6.07 Å². The minimum Gasteiger partial charge on any atom is -0.477 e. The Hall–Kier alpha value is -1.81. The Bertz CT molecular complexity index is 587. The molecule has 100 valence electrons. The fraction of sp³-hybridized carbons (Fsp3) is 0.267. The number of aryl methyl sites for hydroxylation is 2. The smallest absolute Gasteiger partial charge is 0.345 e. The Kier molecular flexibility index (Phi) is 3.90. The van der Waals surface area contributed by atoms with Gasteiger partial charge in [0.25, 0.3) is 0 Å². The van der Waals surface area contributed by atoms with Crippen molar-refractivity contribution in [3.05, 3.63) is 51.2 Å². The minimum absolute atomic E-state index is 0.407. The molecule has 0 bridgehead atoms. The number of carboxylic acids is 1. The van der Waals surface area contributed by atoms with Crippen LogP contribution in [0.2, 0.25) is 0 Å². The van der Waals surface area contributed by atoms with Crippen molar-refractivity contribution in [2.75, 3.05) is 11.9 Å². The van der Waals surface area contributed by atoms with Crippen LogP contribution in [0.5, 0.6) is 0 Å². The van der Waals surface area contributed by atoms with Crippen molar-refractivity contribution < 1.29 is 9.90 Å². The first kappa shape index (κ1) is 13.6. The highest BCUT2D eigenvalue weighted by Gasteiger charge is 2.12. The molecule has 1 aromatic heterocycles. The molecule has 1 aromatic carbocycles. The number of carboxylic acid groups (broad SMARTS) is 1. The van der Waals surface area contributed by atoms with E-state index in [0.29, 0.717) is 4.88 Å². The van der Waals surface area contributed by atoms with Crippen molar-refractivity contribution in [2.45, 2.75) is 20.4 Å². The summed E-state index contributed by atoms with van der Waals surface area (Å²) in [5.41, 5.74) is 3.44. The third-order valence-corrected chi connectivity index (χ3v) is 4.19. The molecule has 0 unspecified atom stereocenters. The zero-order chi connectivity index (χ0) is 14.0. The summed E-state index contributed by atoms with van der Waals surface area (Å²) < 4.78 is 0. The topological polar surface area (TPSA) is 40.5 Å². The lowest BCUT2D eigenvalue weighted by Crippen LogP contribution is -2.16. The van der Waals surface area contributed by atoms with Gasteiger partial charge in [-0.15, -0.1) is 11.3 Å². The minimum atomic E-state index is -0.850. The molecule has 0 saturated heterocycles. The number of hydrogen-bond acceptors (Lipinski definition) is 3. The van der Waals surface area contributed by atoms with Crippen LogP contribution in [-0.2, 0) is 6.54 Å². The van der Waals surface area contributed by atoms with E-state index >= 15 is 0 Å². The zero-order valence-electron chi connectivity index (χ0n) is 11.3. The molecule has 0 aliphatic carbocycles. The van der Waals surface area contributed by atoms with Crippen molar-refractivity contribution >= 4 is 23.0 Å². The lowest BCUT2D eigenvalue weighted by molar-refractivity contribution is 0.0702. The standard InChI is InChI=1S/C15H17NO2S/c1-10-4-6-13(7-5-10)16(3)9-12-8-14(15(17)18)19-11(12)2/h4-8H,9H2,1-3H3,(H,17,18). The van der Waals surface area contributed by atoms with E-state index in [0.717, 1.165) is 22.7 Å². The lowest BCUT2D eigenvalue weighted by Gasteiger charge is -2.19. The van der Waals surface area contributed by atoms with Crippen LogP contribution in [0.4, 0.5) is 5.69 Å². The lowest BCUT2D eigenvalue weighted by atomic mass is 10.2. The molecule has 3 nitrogen and oxygen atoms in total. The Labute approximate surface area is 117 Å². The van der Waals surface area contributed by atoms with Crippen molar-refractivity contribution in [3.8, 4) is 0 Å². The Balaban J connectivity index is 2.16. The summed E-state index contributed by atoms with van der Waals surface area (Å²) in [4.78, 5) is 14.6. The second-order valence-corrected chi connectivity index (χ2v) is 5.95. The molecule has 0 radical (unpaired) electrons. The summed E-state index contributed by atoms with van der Waals surface area (Å²) in [5.74, 6) is -0.850. The fourth-order valence-corrected chi connectivity index (χ4v) is 2.80. The average molecular weight is 275 g/mol. The predicted octanol–water partition coefficient (Wildman–Crippen LogP) is 3.70. The quantitative estimate of drug-likeness (QED) is 0.925. The van der Waals surface area contributed by atoms with Crippen LogP contribution in [0.3, 0.4) is 0 Å². The molecule has 0 amide bonds. The van der Waals surface area contributed by atoms with Gasteiger partial charge in [-0.3, -0.25) is 0 Å². The predicted molar refractivity (Wildman–Crippen MR) is 79.3 cm³/mol. The fourth-order valence-electron chi connectivity index (χ4n) is 1.93. The average Bonchev–Trinajstić information content (AvgIpc) is 2.72. The first-order chi connectivity index (χ1) is 8.97. The molecule has 1 heterocycles. The molecule has 4 heteroatoms. The Morgan fingerprint density at radius 1 is 1.26 bits per heavy atom. The van der Waals surface area contributed by atoms with E-state index in [2.05, 4.69) is 36.1 Å². The Morgan fingerprint density at radius 2 is 1.89 bits per heavy atom. The largest absolute Gasteiger partial charge is 0.477 e. The van der Waals surface area contributed by atoms with Gasteiger partial charge in [-0.2, -0.15) is 0 Å². The molecule has 2 aromatic rings. The van der Waals surface area contributed by atoms with Gasteiger partial charge in [-0.05, 0) is 37.6 Å². The second kappa shape index (κ2) is 5.45. The number of anilines is 1. The van der Waals surface area contributed by atoms with Gasteiger partial charge in [0, 0.05) is 24.2 Å². The summed E-state index contributed by atoms with van der Waals surface area (Å²) in [6, 6.07) is 10.1. The van der Waals surface area contributed by atoms with Gasteiger partial charge in [-0.1, -0.05) is 17.7 Å². The highest BCUT2D eigenvalue weighted by Crippen LogP contribution is 2.24. The number of thiophene rings is 1. The molecule has 2 rings (SSSR count). The zero-order valence-corrected chi connectivity index (χ0v) is 12.1. The molecule has 0 atom stereocenters. The normalized spacial score (nSPS) is 10.5. The molecular weight excluding hydrogens is 258 g/mol. The number of hydrogen-bond donors (Lipinski definition) is 1. The summed E-state index contributed by atoms with van der Waals surface area (Å²) in [7, 11) is 2.02. The third kappa shape index (κ3) is 3.15. The SMILES string of the molecule is Cc1ccc(N(C)Cc2cc(C(=O)O)sc2C)cc1. The summed E-state index contributed by atoms with van der Waals surface area (Å²) >= 11 is 1.34. The van der Waals surface area contributed by atoms with Crippen LogP contribution in [0.1, 0.15) is 25.7 Å². The Morgan fingerprint density at radius 3 is 2.42 bits per heavy atom. The van der Waals surface area contributed by atoms with Gasteiger partial charge in [-0.25, -0.2) is 4.79 Å². The van der Waals surface area contributed by atoms with Gasteiger partial charge in [0.05, 0.1) is 0 Å². The van der Waals surface area contributed by atoms with E-state index in [9.17, 15) is 4.79 Å². The number of nitrogens with zero attached hydrogens (tertiary/aromatic N) is 1. The van der Waals surface area contributed by atoms with E-state index < -0.39 is 5.97 Å². The molecule has 0 aliphatic heterocycles. The molecule has 1 N–H and O–H groups in total. The summed E-state index contributed by atoms with van der Waals surface area (Å²) in [6.45, 7) is 4.75. The highest BCUT2D eigenvalue weighted by molar-refractivity contribution is 7.14. The van der Waals surface area contributed by atoms with E-state index in [1.807, 2.05) is 14.0 Å². The number of carbonyl (C=O) groups is 1. The van der Waals surface area contributed by atoms with Gasteiger partial charge in [0.2, 0.25) is 0 Å². The van der Waals surface area contributed by atoms with Crippen LogP contribution >= 0.6 is 11.3 Å². The monoisotopic (exact) mass is 275 g/mol. The van der Waals surface area contributed by atoms with Gasteiger partial charge in [0.1, 0.15) is 4.88 Å². The van der Waals surface area contributed by atoms with Gasteiger partial charge in [0.15, 0.2) is 0 Å². The summed E-state index contributed by atoms with van der Waals surface area (Å²) in [6.07, 6.45) is 0. The number of benzene rings is 1. The maximum atomic E-state index is 11.0. The first-order valence-electron chi connectivity index (χ1n) is 6.08. The third-order valence-electron chi connectivity index (χ3n) is 3.11. The van der Waals surface area contributed by atoms with E-state index in [1.165, 1.54) is 16.9 Å². The van der Waals surface area contributed by atoms with Crippen LogP contribution in [0, 0.1) is 13.8 Å². The van der Waals surface area contributed by atoms with Crippen LogP contribution < -0.4 is 4.90 Å². The maximum absolute atomic E-state index is 11.0. The van der Waals surface area contributed by atoms with Crippen molar-refractivity contribution in [1.29, 1.82) is 0 Å². The van der Waals surface area contributed by atoms with E-state index in [-0.39, 0.29) is 0 Å². The number of rotatable bonds is 4. The second-order valence-electron chi connectivity index (χ2n) is 4.69. The molecule has 0 saturated carbocycles. The van der Waals surface area contributed by atoms with Gasteiger partial charge < -0.3 is 10.0 Å². The molecular formula is C15H17NO2S. The van der Waals surface area contributed by atoms with E-state index in [4.69, 9.17) is 5.11 Å². The first-order valence-corrected chi connectivity index (χ1v) is 6.89. The van der Waals surface area contributed by atoms with Gasteiger partial charge >= 0.3 is 5.97 Å². The molecule has 0 aliphatic rings. The van der Waals surface area contributed by atoms with Crippen molar-refractivity contribution in [2.24, 2.45) is 0 Å². The maximum Gasteiger partial charge on any atom is 0.345 e. The summed E-state index contributed by atoms with van der Waals surface area (Å²) in [5, 5.41) is 9.00. The molecule has 0 fully saturated rings.